The van der Waals surface area contributed by atoms with E-state index in [0.717, 1.165) is 56.3 Å². The second-order valence-corrected chi connectivity index (χ2v) is 16.4. The zero-order chi connectivity index (χ0) is 45.0. The van der Waals surface area contributed by atoms with Gasteiger partial charge in [-0.1, -0.05) is 23.2 Å². The highest BCUT2D eigenvalue weighted by molar-refractivity contribution is 6.32. The summed E-state index contributed by atoms with van der Waals surface area (Å²) < 4.78 is 47.4. The Hall–Kier alpha value is -5.58. The maximum absolute atomic E-state index is 13.2. The Morgan fingerprint density at radius 2 is 1.14 bits per heavy atom. The van der Waals surface area contributed by atoms with Crippen LogP contribution < -0.4 is 36.9 Å². The maximum atomic E-state index is 13.2. The van der Waals surface area contributed by atoms with Gasteiger partial charge in [-0.05, 0) is 111 Å². The third-order valence-electron chi connectivity index (χ3n) is 11.0. The van der Waals surface area contributed by atoms with Crippen LogP contribution in [0.3, 0.4) is 0 Å². The summed E-state index contributed by atoms with van der Waals surface area (Å²) in [5.74, 6) is -0.611. The number of fused-ring (bicyclic) bond motifs is 4. The number of amides is 1. The number of anilines is 4. The molecule has 0 radical (unpaired) electrons. The van der Waals surface area contributed by atoms with Crippen molar-refractivity contribution in [1.82, 2.24) is 10.2 Å². The van der Waals surface area contributed by atoms with E-state index < -0.39 is 5.97 Å². The van der Waals surface area contributed by atoms with E-state index in [-0.39, 0.29) is 35.7 Å². The summed E-state index contributed by atoms with van der Waals surface area (Å²) in [5, 5.41) is 19.8. The fourth-order valence-corrected chi connectivity index (χ4v) is 8.59. The number of nitrogens with one attached hydrogen (secondary N) is 3. The van der Waals surface area contributed by atoms with Gasteiger partial charge in [-0.25, -0.2) is 13.6 Å². The van der Waals surface area contributed by atoms with Gasteiger partial charge in [-0.15, -0.1) is 0 Å². The molecule has 6 atom stereocenters. The minimum atomic E-state index is -1.04. The van der Waals surface area contributed by atoms with Gasteiger partial charge in [-0.2, -0.15) is 0 Å². The molecule has 4 aliphatic rings. The Labute approximate surface area is 375 Å². The van der Waals surface area contributed by atoms with Crippen molar-refractivity contribution in [2.75, 3.05) is 62.7 Å². The number of hydrogen-bond donors (Lipinski definition) is 6. The van der Waals surface area contributed by atoms with Crippen molar-refractivity contribution in [3.05, 3.63) is 118 Å². The number of halogens is 4. The Balaban J connectivity index is 0.000000174. The molecule has 2 unspecified atom stereocenters. The van der Waals surface area contributed by atoms with Gasteiger partial charge in [-0.3, -0.25) is 4.79 Å². The average molecular weight is 910 g/mol. The number of nitrogen functional groups attached to an aromatic ring is 2. The summed E-state index contributed by atoms with van der Waals surface area (Å²) in [4.78, 5) is 25.3. The smallest absolute Gasteiger partial charge is 0.328 e. The first-order chi connectivity index (χ1) is 30.3. The number of morpholine rings is 2. The molecule has 4 heterocycles. The second kappa shape index (κ2) is 22.2. The first-order valence-corrected chi connectivity index (χ1v) is 21.2. The molecule has 0 saturated carbocycles. The number of carboxylic acids is 1. The van der Waals surface area contributed by atoms with Crippen LogP contribution in [0.4, 0.5) is 31.5 Å². The van der Waals surface area contributed by atoms with Crippen molar-refractivity contribution in [2.24, 2.45) is 0 Å². The molecule has 4 aliphatic heterocycles. The lowest BCUT2D eigenvalue weighted by atomic mass is 9.89. The quantitative estimate of drug-likeness (QED) is 0.0674. The Morgan fingerprint density at radius 1 is 0.714 bits per heavy atom. The average Bonchev–Trinajstić information content (AvgIpc) is 3.24. The first kappa shape index (κ1) is 46.9. The summed E-state index contributed by atoms with van der Waals surface area (Å²) in [6.07, 6.45) is 9.25. The van der Waals surface area contributed by atoms with Crippen LogP contribution in [0.15, 0.2) is 84.9 Å². The van der Waals surface area contributed by atoms with Gasteiger partial charge in [0.2, 0.25) is 5.91 Å². The summed E-state index contributed by atoms with van der Waals surface area (Å²) in [5.41, 5.74) is 15.6. The number of methoxy groups -OCH3 is 2. The van der Waals surface area contributed by atoms with Crippen LogP contribution in [0, 0.1) is 11.6 Å². The van der Waals surface area contributed by atoms with Crippen molar-refractivity contribution in [2.45, 2.75) is 61.9 Å². The molecule has 4 bridgehead atoms. The number of carbonyl (C=O) groups is 2. The summed E-state index contributed by atoms with van der Waals surface area (Å²) in [6.45, 7) is 2.60. The molecular formula is C46H52Cl2F2N6O7. The summed E-state index contributed by atoms with van der Waals surface area (Å²) >= 11 is 11.9. The molecule has 63 heavy (non-hydrogen) atoms. The lowest BCUT2D eigenvalue weighted by molar-refractivity contribution is -0.145. The number of nitrogens with two attached hydrogens (primary N) is 2. The number of aliphatic carboxylic acids is 1. The zero-order valence-corrected chi connectivity index (χ0v) is 36.4. The molecule has 17 heteroatoms. The van der Waals surface area contributed by atoms with Gasteiger partial charge in [0.05, 0.1) is 62.8 Å². The fraction of sp³-hybridized carbons (Fsp3) is 0.348. The van der Waals surface area contributed by atoms with Gasteiger partial charge in [0.1, 0.15) is 23.1 Å². The number of carbonyl (C=O) groups excluding carboxylic acids is 1. The molecule has 0 aliphatic carbocycles. The molecule has 0 spiro atoms. The van der Waals surface area contributed by atoms with Crippen molar-refractivity contribution in [3.63, 3.8) is 0 Å². The molecule has 8 rings (SSSR count). The lowest BCUT2D eigenvalue weighted by Gasteiger charge is -2.48. The highest BCUT2D eigenvalue weighted by Crippen LogP contribution is 2.33. The topological polar surface area (TPSA) is 183 Å². The third kappa shape index (κ3) is 13.2. The van der Waals surface area contributed by atoms with E-state index in [4.69, 9.17) is 58.7 Å². The molecule has 1 amide bonds. The second-order valence-electron chi connectivity index (χ2n) is 15.6. The lowest BCUT2D eigenvalue weighted by Crippen LogP contribution is -2.60. The van der Waals surface area contributed by atoms with E-state index >= 15 is 0 Å². The first-order valence-electron chi connectivity index (χ1n) is 20.4. The highest BCUT2D eigenvalue weighted by atomic mass is 35.5. The molecule has 4 fully saturated rings. The molecule has 8 N–H and O–H groups in total. The van der Waals surface area contributed by atoms with E-state index in [1.165, 1.54) is 56.7 Å². The SMILES string of the molecule is COc1cc(/C=C/C(=O)N2[C@@H]3COC[C@H]2CC(Nc2ccc(F)cc2)C3)c(N)cc1Cl.COc1cc(/C=C/C(=O)O)c(N)cc1Cl.Fc1ccc(NC2C[C@H]3COC[C@@H](C2)N3)cc1. The summed E-state index contributed by atoms with van der Waals surface area (Å²) in [6, 6.07) is 20.8. The molecule has 4 aromatic rings. The number of hydrogen-bond acceptors (Lipinski definition) is 11. The van der Waals surface area contributed by atoms with Crippen LogP contribution in [0.2, 0.25) is 10.0 Å². The van der Waals surface area contributed by atoms with Crippen molar-refractivity contribution >= 4 is 70.0 Å². The third-order valence-corrected chi connectivity index (χ3v) is 11.6. The van der Waals surface area contributed by atoms with Gasteiger partial charge in [0, 0.05) is 70.2 Å². The van der Waals surface area contributed by atoms with Crippen molar-refractivity contribution in [3.8, 4) is 11.5 Å². The highest BCUT2D eigenvalue weighted by Gasteiger charge is 2.41. The van der Waals surface area contributed by atoms with E-state index in [1.54, 1.807) is 48.5 Å². The predicted molar refractivity (Wildman–Crippen MR) is 243 cm³/mol. The van der Waals surface area contributed by atoms with Gasteiger partial charge < -0.3 is 56.4 Å². The fourth-order valence-electron chi connectivity index (χ4n) is 8.09. The number of rotatable bonds is 10. The molecule has 4 saturated heterocycles. The standard InChI is InChI=1S/C23H25ClFN3O3.C13H17FN2O.C10H10ClNO3/c1-30-22-8-14(21(26)11-20(22)24)2-7-23(29)28-18-9-17(10-19(28)13-31-12-18)27-16-5-3-15(25)4-6-16;14-9-1-3-10(4-2-9)15-11-5-12-7-17-8-13(6-11)16-12;1-15-9-4-6(2-3-10(13)14)8(12)5-7(9)11/h2-8,11,17-19,27H,9-10,12-13,26H2,1H3;1-4,11-13,15-16H,5-8H2;2-5H,12H2,1H3,(H,13,14)/b7-2+;;3-2+/t17?,18-,19+;11?,12-,13+;. The van der Waals surface area contributed by atoms with Crippen LogP contribution >= 0.6 is 23.2 Å². The van der Waals surface area contributed by atoms with Crippen LogP contribution in [-0.2, 0) is 19.1 Å². The zero-order valence-electron chi connectivity index (χ0n) is 34.9. The van der Waals surface area contributed by atoms with Crippen molar-refractivity contribution in [1.29, 1.82) is 0 Å². The van der Waals surface area contributed by atoms with Gasteiger partial charge in [0.15, 0.2) is 0 Å². The number of nitrogens with zero attached hydrogens (tertiary/aromatic N) is 1. The molecule has 13 nitrogen and oxygen atoms in total. The van der Waals surface area contributed by atoms with Gasteiger partial charge in [0.25, 0.3) is 0 Å². The van der Waals surface area contributed by atoms with Crippen LogP contribution in [0.25, 0.3) is 12.2 Å². The molecule has 0 aromatic heterocycles. The molecule has 4 aromatic carbocycles. The maximum Gasteiger partial charge on any atom is 0.328 e. The van der Waals surface area contributed by atoms with E-state index in [0.29, 0.717) is 75.4 Å². The van der Waals surface area contributed by atoms with Crippen molar-refractivity contribution < 1.29 is 42.4 Å². The van der Waals surface area contributed by atoms with Crippen LogP contribution in [-0.4, -0.2) is 98.8 Å². The minimum Gasteiger partial charge on any atom is -0.495 e. The Kier molecular flexibility index (Phi) is 16.5. The van der Waals surface area contributed by atoms with Gasteiger partial charge >= 0.3 is 5.97 Å². The van der Waals surface area contributed by atoms with E-state index in [1.807, 2.05) is 4.90 Å². The number of carboxylic acid groups (broad SMARTS) is 1. The largest absolute Gasteiger partial charge is 0.495 e. The number of benzene rings is 4. The predicted octanol–water partition coefficient (Wildman–Crippen LogP) is 7.74. The Bertz CT molecular complexity index is 2230. The number of ether oxygens (including phenoxy) is 4. The van der Waals surface area contributed by atoms with E-state index in [2.05, 4.69) is 16.0 Å². The normalized spacial score (nSPS) is 22.5. The summed E-state index contributed by atoms with van der Waals surface area (Å²) in [7, 11) is 3.00. The monoisotopic (exact) mass is 908 g/mol. The van der Waals surface area contributed by atoms with Crippen LogP contribution in [0.1, 0.15) is 36.8 Å². The molecular weight excluding hydrogens is 857 g/mol. The molecule has 336 valence electrons. The van der Waals surface area contributed by atoms with E-state index in [9.17, 15) is 18.4 Å². The number of piperidine rings is 2. The van der Waals surface area contributed by atoms with Crippen LogP contribution in [0.5, 0.6) is 11.5 Å². The Morgan fingerprint density at radius 3 is 1.59 bits per heavy atom. The minimum absolute atomic E-state index is 0.0281.